The van der Waals surface area contributed by atoms with Gasteiger partial charge in [0.2, 0.25) is 5.88 Å². The Morgan fingerprint density at radius 2 is 2.04 bits per heavy atom. The van der Waals surface area contributed by atoms with Crippen LogP contribution >= 0.6 is 11.5 Å². The number of hydrogen-bond donors (Lipinski definition) is 1. The number of aromatic nitrogens is 5. The molecule has 0 radical (unpaired) electrons. The maximum absolute atomic E-state index is 12.5. The maximum Gasteiger partial charge on any atom is 0.272 e. The molecule has 0 unspecified atom stereocenters. The van der Waals surface area contributed by atoms with Crippen molar-refractivity contribution in [2.24, 2.45) is 0 Å². The summed E-state index contributed by atoms with van der Waals surface area (Å²) < 4.78 is 34.0. The zero-order valence-corrected chi connectivity index (χ0v) is 15.3. The van der Waals surface area contributed by atoms with Crippen LogP contribution in [0.2, 0.25) is 0 Å². The largest absolute Gasteiger partial charge is 0.470 e. The van der Waals surface area contributed by atoms with Gasteiger partial charge >= 0.3 is 0 Å². The fourth-order valence-corrected chi connectivity index (χ4v) is 3.37. The standard InChI is InChI=1S/C18H13F2N5O2S/c1-9-4-2-3-5-10(9)14-15-16(28-25-14)18(26)24-17(23-15)11-6-22-13(7-21-11)27-8-12(19)20/h2-7,12H,8H2,1H3,(H,23,24,26). The number of benzene rings is 1. The monoisotopic (exact) mass is 401 g/mol. The van der Waals surface area contributed by atoms with E-state index >= 15 is 0 Å². The molecule has 142 valence electrons. The molecule has 0 bridgehead atoms. The van der Waals surface area contributed by atoms with Crippen molar-refractivity contribution in [1.82, 2.24) is 24.3 Å². The summed E-state index contributed by atoms with van der Waals surface area (Å²) >= 11 is 1.08. The van der Waals surface area contributed by atoms with E-state index in [9.17, 15) is 13.6 Å². The smallest absolute Gasteiger partial charge is 0.272 e. The van der Waals surface area contributed by atoms with Crippen molar-refractivity contribution in [3.63, 3.8) is 0 Å². The van der Waals surface area contributed by atoms with Crippen molar-refractivity contribution in [2.75, 3.05) is 6.61 Å². The predicted molar refractivity (Wildman–Crippen MR) is 101 cm³/mol. The number of rotatable bonds is 5. The van der Waals surface area contributed by atoms with Crippen LogP contribution in [-0.2, 0) is 0 Å². The molecule has 1 N–H and O–H groups in total. The fourth-order valence-electron chi connectivity index (χ4n) is 2.64. The SMILES string of the molecule is Cc1ccccc1-c1nsc2c(=O)[nH]c(-c3cnc(OCC(F)F)cn3)nc12. The van der Waals surface area contributed by atoms with Crippen LogP contribution in [0.25, 0.3) is 33.0 Å². The number of ether oxygens (including phenoxy) is 1. The third kappa shape index (κ3) is 3.46. The van der Waals surface area contributed by atoms with Crippen LogP contribution in [0.1, 0.15) is 5.56 Å². The molecule has 4 aromatic rings. The minimum Gasteiger partial charge on any atom is -0.470 e. The van der Waals surface area contributed by atoms with E-state index < -0.39 is 13.0 Å². The van der Waals surface area contributed by atoms with E-state index in [2.05, 4.69) is 24.3 Å². The van der Waals surface area contributed by atoms with Crippen molar-refractivity contribution in [1.29, 1.82) is 0 Å². The van der Waals surface area contributed by atoms with Gasteiger partial charge in [0.1, 0.15) is 21.6 Å². The Hall–Kier alpha value is -3.27. The lowest BCUT2D eigenvalue weighted by Crippen LogP contribution is -2.10. The summed E-state index contributed by atoms with van der Waals surface area (Å²) in [6.07, 6.45) is -0.0957. The number of nitrogens with zero attached hydrogens (tertiary/aromatic N) is 4. The third-order valence-electron chi connectivity index (χ3n) is 3.96. The van der Waals surface area contributed by atoms with Crippen LogP contribution in [0.4, 0.5) is 8.78 Å². The molecule has 4 rings (SSSR count). The van der Waals surface area contributed by atoms with Crippen LogP contribution in [0.5, 0.6) is 5.88 Å². The average molecular weight is 401 g/mol. The molecule has 7 nitrogen and oxygen atoms in total. The molecule has 0 saturated heterocycles. The van der Waals surface area contributed by atoms with Crippen LogP contribution < -0.4 is 10.3 Å². The average Bonchev–Trinajstić information content (AvgIpc) is 3.11. The Morgan fingerprint density at radius 3 is 2.75 bits per heavy atom. The molecule has 0 aliphatic carbocycles. The summed E-state index contributed by atoms with van der Waals surface area (Å²) in [5.41, 5.74) is 2.94. The first-order valence-electron chi connectivity index (χ1n) is 8.22. The summed E-state index contributed by atoms with van der Waals surface area (Å²) in [5.74, 6) is 0.172. The molecule has 0 spiro atoms. The van der Waals surface area contributed by atoms with Gasteiger partial charge in [-0.15, -0.1) is 0 Å². The molecule has 0 amide bonds. The first-order chi connectivity index (χ1) is 13.5. The van der Waals surface area contributed by atoms with Crippen molar-refractivity contribution in [3.05, 3.63) is 52.6 Å². The lowest BCUT2D eigenvalue weighted by atomic mass is 10.1. The van der Waals surface area contributed by atoms with Crippen molar-refractivity contribution in [2.45, 2.75) is 13.3 Å². The van der Waals surface area contributed by atoms with Crippen LogP contribution in [0.15, 0.2) is 41.5 Å². The second kappa shape index (κ2) is 7.39. The number of fused-ring (bicyclic) bond motifs is 1. The minimum absolute atomic E-state index is 0.0368. The van der Waals surface area contributed by atoms with Crippen molar-refractivity contribution < 1.29 is 13.5 Å². The van der Waals surface area contributed by atoms with Gasteiger partial charge in [0.25, 0.3) is 12.0 Å². The molecule has 10 heteroatoms. The molecule has 3 heterocycles. The van der Waals surface area contributed by atoms with E-state index in [0.717, 1.165) is 22.7 Å². The van der Waals surface area contributed by atoms with Gasteiger partial charge in [-0.1, -0.05) is 24.3 Å². The van der Waals surface area contributed by atoms with Gasteiger partial charge in [0.05, 0.1) is 12.4 Å². The Labute approximate surface area is 161 Å². The zero-order chi connectivity index (χ0) is 19.7. The molecule has 0 aliphatic heterocycles. The van der Waals surface area contributed by atoms with Crippen LogP contribution in [-0.4, -0.2) is 37.3 Å². The molecule has 0 aliphatic rings. The molecule has 3 aromatic heterocycles. The Balaban J connectivity index is 1.76. The Kier molecular flexibility index (Phi) is 4.78. The second-order valence-electron chi connectivity index (χ2n) is 5.88. The van der Waals surface area contributed by atoms with Crippen LogP contribution in [0.3, 0.4) is 0 Å². The van der Waals surface area contributed by atoms with Gasteiger partial charge in [-0.25, -0.2) is 23.7 Å². The molecule has 0 fully saturated rings. The summed E-state index contributed by atoms with van der Waals surface area (Å²) in [7, 11) is 0. The fraction of sp³-hybridized carbons (Fsp3) is 0.167. The molecule has 0 atom stereocenters. The van der Waals surface area contributed by atoms with Crippen LogP contribution in [0, 0.1) is 6.92 Å². The molecule has 28 heavy (non-hydrogen) atoms. The summed E-state index contributed by atoms with van der Waals surface area (Å²) in [6, 6.07) is 7.69. The molecular weight excluding hydrogens is 388 g/mol. The zero-order valence-electron chi connectivity index (χ0n) is 14.5. The van der Waals surface area contributed by atoms with E-state index in [1.165, 1.54) is 12.4 Å². The first kappa shape index (κ1) is 18.1. The van der Waals surface area contributed by atoms with Gasteiger partial charge in [-0.05, 0) is 24.0 Å². The van der Waals surface area contributed by atoms with Gasteiger partial charge in [-0.2, -0.15) is 4.37 Å². The van der Waals surface area contributed by atoms with E-state index in [4.69, 9.17) is 4.74 Å². The summed E-state index contributed by atoms with van der Waals surface area (Å²) in [4.78, 5) is 27.7. The predicted octanol–water partition coefficient (Wildman–Crippen LogP) is 3.46. The Morgan fingerprint density at radius 1 is 1.21 bits per heavy atom. The quantitative estimate of drug-likeness (QED) is 0.551. The first-order valence-corrected chi connectivity index (χ1v) is 8.99. The normalized spacial score (nSPS) is 11.3. The number of aryl methyl sites for hydroxylation is 1. The highest BCUT2D eigenvalue weighted by Crippen LogP contribution is 2.30. The van der Waals surface area contributed by atoms with Gasteiger partial charge in [0, 0.05) is 5.56 Å². The van der Waals surface area contributed by atoms with E-state index in [-0.39, 0.29) is 23.0 Å². The van der Waals surface area contributed by atoms with Gasteiger partial charge in [-0.3, -0.25) is 4.79 Å². The highest BCUT2D eigenvalue weighted by Gasteiger charge is 2.17. The topological polar surface area (TPSA) is 93.7 Å². The lowest BCUT2D eigenvalue weighted by molar-refractivity contribution is 0.0794. The van der Waals surface area contributed by atoms with Crippen molar-refractivity contribution in [3.8, 4) is 28.7 Å². The minimum atomic E-state index is -2.60. The Bertz CT molecular complexity index is 1190. The molecular formula is C18H13F2N5O2S. The highest BCUT2D eigenvalue weighted by atomic mass is 32.1. The summed E-state index contributed by atoms with van der Waals surface area (Å²) in [5, 5.41) is 0. The van der Waals surface area contributed by atoms with E-state index in [1.54, 1.807) is 0 Å². The van der Waals surface area contributed by atoms with E-state index in [0.29, 0.717) is 15.9 Å². The van der Waals surface area contributed by atoms with Gasteiger partial charge in [0.15, 0.2) is 12.4 Å². The highest BCUT2D eigenvalue weighted by molar-refractivity contribution is 7.13. The lowest BCUT2D eigenvalue weighted by Gasteiger charge is -2.05. The number of alkyl halides is 2. The molecule has 1 aromatic carbocycles. The third-order valence-corrected chi connectivity index (χ3v) is 4.79. The number of hydrogen-bond acceptors (Lipinski definition) is 7. The number of aromatic amines is 1. The maximum atomic E-state index is 12.5. The number of nitrogens with one attached hydrogen (secondary N) is 1. The molecule has 0 saturated carbocycles. The second-order valence-corrected chi connectivity index (χ2v) is 6.65. The van der Waals surface area contributed by atoms with E-state index in [1.807, 2.05) is 31.2 Å². The van der Waals surface area contributed by atoms with Crippen molar-refractivity contribution >= 4 is 21.7 Å². The summed E-state index contributed by atoms with van der Waals surface area (Å²) in [6.45, 7) is 1.19. The number of halogens is 2. The van der Waals surface area contributed by atoms with Gasteiger partial charge < -0.3 is 9.72 Å². The number of H-pyrrole nitrogens is 1.